The Morgan fingerprint density at radius 3 is 2.81 bits per heavy atom. The van der Waals surface area contributed by atoms with Gasteiger partial charge in [0, 0.05) is 6.54 Å². The molecule has 0 bridgehead atoms. The lowest BCUT2D eigenvalue weighted by molar-refractivity contribution is 0.0950. The number of anilines is 1. The number of nitrogens with zero attached hydrogens (tertiary/aromatic N) is 2. The van der Waals surface area contributed by atoms with Gasteiger partial charge in [-0.2, -0.15) is 0 Å². The topological polar surface area (TPSA) is 66.9 Å². The summed E-state index contributed by atoms with van der Waals surface area (Å²) in [6, 6.07) is 3.33. The van der Waals surface area contributed by atoms with Crippen LogP contribution in [-0.2, 0) is 0 Å². The van der Waals surface area contributed by atoms with Crippen LogP contribution in [0.1, 0.15) is 24.3 Å². The SMILES string of the molecule is CC#CCNc1ccc(C(=O)NCC)nn1. The molecule has 0 atom stereocenters. The molecule has 1 heterocycles. The second-order valence-electron chi connectivity index (χ2n) is 2.94. The van der Waals surface area contributed by atoms with Crippen LogP contribution in [0.2, 0.25) is 0 Å². The van der Waals surface area contributed by atoms with E-state index in [1.54, 1.807) is 19.1 Å². The Labute approximate surface area is 94.7 Å². The predicted octanol–water partition coefficient (Wildman–Crippen LogP) is 0.661. The maximum absolute atomic E-state index is 11.4. The third-order valence-electron chi connectivity index (χ3n) is 1.77. The number of hydrogen-bond donors (Lipinski definition) is 2. The first kappa shape index (κ1) is 12.0. The zero-order chi connectivity index (χ0) is 11.8. The standard InChI is InChI=1S/C11H14N4O/c1-3-5-8-13-10-7-6-9(14-15-10)11(16)12-4-2/h6-7H,4,8H2,1-2H3,(H,12,16)(H,13,15). The quantitative estimate of drug-likeness (QED) is 0.729. The molecule has 5 nitrogen and oxygen atoms in total. The smallest absolute Gasteiger partial charge is 0.271 e. The van der Waals surface area contributed by atoms with Crippen molar-refractivity contribution in [2.45, 2.75) is 13.8 Å². The summed E-state index contributed by atoms with van der Waals surface area (Å²) in [6.07, 6.45) is 0. The molecule has 84 valence electrons. The molecule has 0 aliphatic rings. The highest BCUT2D eigenvalue weighted by atomic mass is 16.1. The van der Waals surface area contributed by atoms with E-state index in [0.717, 1.165) is 0 Å². The molecule has 5 heteroatoms. The minimum atomic E-state index is -0.213. The molecular formula is C11H14N4O. The van der Waals surface area contributed by atoms with Crippen LogP contribution in [0.4, 0.5) is 5.82 Å². The number of carbonyl (C=O) groups is 1. The minimum absolute atomic E-state index is 0.213. The van der Waals surface area contributed by atoms with E-state index in [4.69, 9.17) is 0 Å². The summed E-state index contributed by atoms with van der Waals surface area (Å²) in [5.74, 6) is 6.00. The van der Waals surface area contributed by atoms with Gasteiger partial charge in [0.15, 0.2) is 5.69 Å². The molecule has 0 aliphatic carbocycles. The van der Waals surface area contributed by atoms with Crippen molar-refractivity contribution in [3.63, 3.8) is 0 Å². The van der Waals surface area contributed by atoms with Gasteiger partial charge in [-0.3, -0.25) is 4.79 Å². The largest absolute Gasteiger partial charge is 0.358 e. The molecule has 1 aromatic heterocycles. The van der Waals surface area contributed by atoms with E-state index in [2.05, 4.69) is 32.7 Å². The van der Waals surface area contributed by atoms with Gasteiger partial charge in [-0.25, -0.2) is 0 Å². The molecule has 0 radical (unpaired) electrons. The molecular weight excluding hydrogens is 204 g/mol. The third-order valence-corrected chi connectivity index (χ3v) is 1.77. The molecule has 1 amide bonds. The van der Waals surface area contributed by atoms with Gasteiger partial charge < -0.3 is 10.6 Å². The van der Waals surface area contributed by atoms with Crippen LogP contribution in [0.3, 0.4) is 0 Å². The first-order valence-electron chi connectivity index (χ1n) is 5.03. The molecule has 0 aliphatic heterocycles. The van der Waals surface area contributed by atoms with Crippen LogP contribution in [0.25, 0.3) is 0 Å². The predicted molar refractivity (Wildman–Crippen MR) is 62.0 cm³/mol. The lowest BCUT2D eigenvalue weighted by atomic mass is 10.3. The zero-order valence-electron chi connectivity index (χ0n) is 9.37. The van der Waals surface area contributed by atoms with Crippen LogP contribution >= 0.6 is 0 Å². The van der Waals surface area contributed by atoms with Gasteiger partial charge in [0.05, 0.1) is 6.54 Å². The van der Waals surface area contributed by atoms with Crippen LogP contribution in [0.5, 0.6) is 0 Å². The summed E-state index contributed by atoms with van der Waals surface area (Å²) in [5, 5.41) is 13.3. The highest BCUT2D eigenvalue weighted by Gasteiger charge is 2.05. The number of rotatable bonds is 4. The Kier molecular flexibility index (Phi) is 4.80. The van der Waals surface area contributed by atoms with Crippen molar-refractivity contribution in [1.29, 1.82) is 0 Å². The van der Waals surface area contributed by atoms with Crippen LogP contribution in [-0.4, -0.2) is 29.2 Å². The van der Waals surface area contributed by atoms with Gasteiger partial charge in [-0.05, 0) is 26.0 Å². The van der Waals surface area contributed by atoms with Crippen molar-refractivity contribution in [2.24, 2.45) is 0 Å². The summed E-state index contributed by atoms with van der Waals surface area (Å²) < 4.78 is 0. The van der Waals surface area contributed by atoms with Gasteiger partial charge in [-0.15, -0.1) is 16.1 Å². The Hall–Kier alpha value is -2.09. The number of carbonyl (C=O) groups excluding carboxylic acids is 1. The van der Waals surface area contributed by atoms with Crippen LogP contribution in [0, 0.1) is 11.8 Å². The first-order chi connectivity index (χ1) is 7.77. The fraction of sp³-hybridized carbons (Fsp3) is 0.364. The first-order valence-corrected chi connectivity index (χ1v) is 5.03. The van der Waals surface area contributed by atoms with Gasteiger partial charge in [0.25, 0.3) is 5.91 Å². The molecule has 1 rings (SSSR count). The Balaban J connectivity index is 2.59. The molecule has 0 fully saturated rings. The lowest BCUT2D eigenvalue weighted by Crippen LogP contribution is -2.24. The van der Waals surface area contributed by atoms with Crippen LogP contribution < -0.4 is 10.6 Å². The van der Waals surface area contributed by atoms with Crippen molar-refractivity contribution < 1.29 is 4.79 Å². The third kappa shape index (κ3) is 3.58. The summed E-state index contributed by atoms with van der Waals surface area (Å²) in [5.41, 5.74) is 0.314. The van der Waals surface area contributed by atoms with E-state index in [1.807, 2.05) is 6.92 Å². The van der Waals surface area contributed by atoms with E-state index in [9.17, 15) is 4.79 Å². The Morgan fingerprint density at radius 1 is 1.44 bits per heavy atom. The van der Waals surface area contributed by atoms with E-state index in [-0.39, 0.29) is 5.91 Å². The minimum Gasteiger partial charge on any atom is -0.358 e. The average Bonchev–Trinajstić information content (AvgIpc) is 2.30. The molecule has 0 unspecified atom stereocenters. The molecule has 0 saturated carbocycles. The zero-order valence-corrected chi connectivity index (χ0v) is 9.37. The highest BCUT2D eigenvalue weighted by Crippen LogP contribution is 2.00. The number of hydrogen-bond acceptors (Lipinski definition) is 4. The summed E-state index contributed by atoms with van der Waals surface area (Å²) in [7, 11) is 0. The molecule has 2 N–H and O–H groups in total. The van der Waals surface area contributed by atoms with Crippen molar-refractivity contribution in [1.82, 2.24) is 15.5 Å². The van der Waals surface area contributed by atoms with Crippen molar-refractivity contribution >= 4 is 11.7 Å². The van der Waals surface area contributed by atoms with Gasteiger partial charge in [0.2, 0.25) is 0 Å². The molecule has 1 aromatic rings. The normalized spacial score (nSPS) is 8.88. The maximum Gasteiger partial charge on any atom is 0.271 e. The highest BCUT2D eigenvalue weighted by molar-refractivity contribution is 5.92. The van der Waals surface area contributed by atoms with Gasteiger partial charge in [-0.1, -0.05) is 5.92 Å². The monoisotopic (exact) mass is 218 g/mol. The van der Waals surface area contributed by atoms with E-state index >= 15 is 0 Å². The van der Waals surface area contributed by atoms with E-state index in [0.29, 0.717) is 24.6 Å². The second-order valence-corrected chi connectivity index (χ2v) is 2.94. The van der Waals surface area contributed by atoms with E-state index < -0.39 is 0 Å². The summed E-state index contributed by atoms with van der Waals surface area (Å²) in [4.78, 5) is 11.4. The molecule has 0 saturated heterocycles. The molecule has 0 aromatic carbocycles. The van der Waals surface area contributed by atoms with Crippen molar-refractivity contribution in [3.8, 4) is 11.8 Å². The van der Waals surface area contributed by atoms with Crippen molar-refractivity contribution in [3.05, 3.63) is 17.8 Å². The number of aromatic nitrogens is 2. The second kappa shape index (κ2) is 6.40. The fourth-order valence-corrected chi connectivity index (χ4v) is 1.02. The summed E-state index contributed by atoms with van der Waals surface area (Å²) in [6.45, 7) is 4.72. The van der Waals surface area contributed by atoms with Gasteiger partial charge in [0.1, 0.15) is 5.82 Å². The fourth-order valence-electron chi connectivity index (χ4n) is 1.02. The number of amides is 1. The van der Waals surface area contributed by atoms with Gasteiger partial charge >= 0.3 is 0 Å². The molecule has 16 heavy (non-hydrogen) atoms. The molecule has 0 spiro atoms. The van der Waals surface area contributed by atoms with Crippen molar-refractivity contribution in [2.75, 3.05) is 18.4 Å². The van der Waals surface area contributed by atoms with E-state index in [1.165, 1.54) is 0 Å². The maximum atomic E-state index is 11.4. The van der Waals surface area contributed by atoms with Crippen LogP contribution in [0.15, 0.2) is 12.1 Å². The average molecular weight is 218 g/mol. The summed E-state index contributed by atoms with van der Waals surface area (Å²) >= 11 is 0. The Bertz CT molecular complexity index is 402. The number of nitrogens with one attached hydrogen (secondary N) is 2. The lowest BCUT2D eigenvalue weighted by Gasteiger charge is -2.02. The Morgan fingerprint density at radius 2 is 2.25 bits per heavy atom.